The van der Waals surface area contributed by atoms with E-state index in [9.17, 15) is 18.0 Å². The highest BCUT2D eigenvalue weighted by molar-refractivity contribution is 7.92. The zero-order valence-corrected chi connectivity index (χ0v) is 26.0. The number of rotatable bonds is 11. The Bertz CT molecular complexity index is 1470. The fraction of sp³-hybridized carbons (Fsp3) is 0.412. The number of amides is 2. The summed E-state index contributed by atoms with van der Waals surface area (Å²) in [6.45, 7) is 7.37. The molecule has 0 aliphatic heterocycles. The van der Waals surface area contributed by atoms with Crippen molar-refractivity contribution < 1.29 is 18.0 Å². The Balaban J connectivity index is 1.65. The molecule has 1 atom stereocenters. The van der Waals surface area contributed by atoms with Gasteiger partial charge in [-0.25, -0.2) is 8.42 Å². The number of nitrogens with zero attached hydrogens (tertiary/aromatic N) is 2. The van der Waals surface area contributed by atoms with E-state index in [-0.39, 0.29) is 23.4 Å². The lowest BCUT2D eigenvalue weighted by Crippen LogP contribution is -2.53. The monoisotopic (exact) mass is 589 g/mol. The molecule has 0 unspecified atom stereocenters. The molecule has 0 radical (unpaired) electrons. The molecule has 4 rings (SSSR count). The third-order valence-corrected chi connectivity index (χ3v) is 10.1. The molecule has 1 fully saturated rings. The first-order valence-electron chi connectivity index (χ1n) is 14.9. The topological polar surface area (TPSA) is 86.8 Å². The second-order valence-corrected chi connectivity index (χ2v) is 13.3. The fourth-order valence-corrected chi connectivity index (χ4v) is 6.79. The summed E-state index contributed by atoms with van der Waals surface area (Å²) in [7, 11) is -4.08. The largest absolute Gasteiger partial charge is 0.352 e. The minimum atomic E-state index is -4.08. The molecule has 3 aromatic carbocycles. The standard InChI is InChI=1S/C34H43N3O4S/c1-25-15-19-32(20-16-25)42(40,41)37(31-18-17-26(2)27(3)23-31)24-33(38)36(22-21-29-11-7-5-8-12-29)28(4)34(39)35-30-13-9-6-10-14-30/h5,7-8,11-12,15-20,23,28,30H,6,9-10,13-14,21-22,24H2,1-4H3,(H,35,39)/t28-/m0/s1. The van der Waals surface area contributed by atoms with E-state index in [1.54, 1.807) is 43.3 Å². The normalized spacial score (nSPS) is 14.7. The molecule has 8 heteroatoms. The number of aryl methyl sites for hydroxylation is 3. The van der Waals surface area contributed by atoms with E-state index in [0.29, 0.717) is 12.1 Å². The van der Waals surface area contributed by atoms with Gasteiger partial charge in [-0.05, 0) is 87.9 Å². The van der Waals surface area contributed by atoms with E-state index in [4.69, 9.17) is 0 Å². The number of carbonyl (C=O) groups excluding carboxylic acids is 2. The average molecular weight is 590 g/mol. The third-order valence-electron chi connectivity index (χ3n) is 8.27. The molecular formula is C34H43N3O4S. The van der Waals surface area contributed by atoms with Crippen molar-refractivity contribution in [3.63, 3.8) is 0 Å². The zero-order chi connectivity index (χ0) is 30.3. The molecule has 1 aliphatic rings. The van der Waals surface area contributed by atoms with Crippen molar-refractivity contribution in [3.05, 3.63) is 95.1 Å². The van der Waals surface area contributed by atoms with E-state index in [1.807, 2.05) is 57.2 Å². The van der Waals surface area contributed by atoms with Gasteiger partial charge < -0.3 is 10.2 Å². The van der Waals surface area contributed by atoms with Gasteiger partial charge in [0.1, 0.15) is 12.6 Å². The van der Waals surface area contributed by atoms with Crippen LogP contribution in [0.25, 0.3) is 0 Å². The van der Waals surface area contributed by atoms with Crippen molar-refractivity contribution in [3.8, 4) is 0 Å². The lowest BCUT2D eigenvalue weighted by molar-refractivity contribution is -0.139. The summed E-state index contributed by atoms with van der Waals surface area (Å²) >= 11 is 0. The predicted octanol–water partition coefficient (Wildman–Crippen LogP) is 5.72. The van der Waals surface area contributed by atoms with E-state index in [1.165, 1.54) is 15.6 Å². The number of hydrogen-bond donors (Lipinski definition) is 1. The van der Waals surface area contributed by atoms with Gasteiger partial charge in [-0.1, -0.05) is 73.4 Å². The highest BCUT2D eigenvalue weighted by Crippen LogP contribution is 2.27. The van der Waals surface area contributed by atoms with Crippen molar-refractivity contribution in [2.75, 3.05) is 17.4 Å². The van der Waals surface area contributed by atoms with E-state index in [0.717, 1.165) is 47.9 Å². The fourth-order valence-electron chi connectivity index (χ4n) is 5.39. The first-order chi connectivity index (χ1) is 20.1. The predicted molar refractivity (Wildman–Crippen MR) is 168 cm³/mol. The number of hydrogen-bond acceptors (Lipinski definition) is 4. The molecule has 1 N–H and O–H groups in total. The maximum absolute atomic E-state index is 14.1. The number of benzene rings is 3. The van der Waals surface area contributed by atoms with Gasteiger partial charge >= 0.3 is 0 Å². The molecule has 0 heterocycles. The van der Waals surface area contributed by atoms with Crippen LogP contribution < -0.4 is 9.62 Å². The summed E-state index contributed by atoms with van der Waals surface area (Å²) in [6, 6.07) is 21.1. The smallest absolute Gasteiger partial charge is 0.264 e. The van der Waals surface area contributed by atoms with E-state index < -0.39 is 28.5 Å². The maximum atomic E-state index is 14.1. The van der Waals surface area contributed by atoms with Gasteiger partial charge in [0, 0.05) is 12.6 Å². The van der Waals surface area contributed by atoms with Crippen LogP contribution in [0, 0.1) is 20.8 Å². The zero-order valence-electron chi connectivity index (χ0n) is 25.2. The lowest BCUT2D eigenvalue weighted by Gasteiger charge is -2.33. The molecule has 1 aliphatic carbocycles. The van der Waals surface area contributed by atoms with Crippen molar-refractivity contribution in [2.45, 2.75) is 83.2 Å². The summed E-state index contributed by atoms with van der Waals surface area (Å²) in [6.07, 6.45) is 5.75. The van der Waals surface area contributed by atoms with Crippen molar-refractivity contribution in [1.29, 1.82) is 0 Å². The molecular weight excluding hydrogens is 546 g/mol. The van der Waals surface area contributed by atoms with Crippen LogP contribution >= 0.6 is 0 Å². The van der Waals surface area contributed by atoms with E-state index >= 15 is 0 Å². The molecule has 7 nitrogen and oxygen atoms in total. The first kappa shape index (κ1) is 31.3. The summed E-state index contributed by atoms with van der Waals surface area (Å²) in [4.78, 5) is 29.2. The first-order valence-corrected chi connectivity index (χ1v) is 16.3. The SMILES string of the molecule is Cc1ccc(S(=O)(=O)N(CC(=O)N(CCc2ccccc2)[C@@H](C)C(=O)NC2CCCCC2)c2ccc(C)c(C)c2)cc1. The number of carbonyl (C=O) groups is 2. The van der Waals surface area contributed by atoms with Crippen molar-refractivity contribution in [1.82, 2.24) is 10.2 Å². The highest BCUT2D eigenvalue weighted by atomic mass is 32.2. The minimum Gasteiger partial charge on any atom is -0.352 e. The van der Waals surface area contributed by atoms with Crippen LogP contribution in [0.3, 0.4) is 0 Å². The molecule has 3 aromatic rings. The second-order valence-electron chi connectivity index (χ2n) is 11.4. The third kappa shape index (κ3) is 7.79. The van der Waals surface area contributed by atoms with Gasteiger partial charge in [-0.2, -0.15) is 0 Å². The van der Waals surface area contributed by atoms with Gasteiger partial charge in [-0.3, -0.25) is 13.9 Å². The Hall–Kier alpha value is -3.65. The molecule has 1 saturated carbocycles. The Kier molecular flexibility index (Phi) is 10.4. The summed E-state index contributed by atoms with van der Waals surface area (Å²) in [5.74, 6) is -0.631. The molecule has 224 valence electrons. The summed E-state index contributed by atoms with van der Waals surface area (Å²) < 4.78 is 29.2. The van der Waals surface area contributed by atoms with Crippen LogP contribution in [-0.2, 0) is 26.0 Å². The van der Waals surface area contributed by atoms with E-state index in [2.05, 4.69) is 5.32 Å². The Labute approximate surface area is 251 Å². The molecule has 2 amide bonds. The highest BCUT2D eigenvalue weighted by Gasteiger charge is 2.33. The van der Waals surface area contributed by atoms with Gasteiger partial charge in [0.05, 0.1) is 10.6 Å². The second kappa shape index (κ2) is 14.0. The molecule has 0 saturated heterocycles. The number of nitrogens with one attached hydrogen (secondary N) is 1. The maximum Gasteiger partial charge on any atom is 0.264 e. The van der Waals surface area contributed by atoms with Crippen LogP contribution in [0.1, 0.15) is 61.3 Å². The summed E-state index contributed by atoms with van der Waals surface area (Å²) in [5.41, 5.74) is 4.33. The molecule has 0 bridgehead atoms. The van der Waals surface area contributed by atoms with Crippen LogP contribution in [-0.4, -0.2) is 50.3 Å². The summed E-state index contributed by atoms with van der Waals surface area (Å²) in [5, 5.41) is 3.15. The van der Waals surface area contributed by atoms with Gasteiger partial charge in [0.2, 0.25) is 11.8 Å². The molecule has 0 spiro atoms. The number of anilines is 1. The Morgan fingerprint density at radius 3 is 2.19 bits per heavy atom. The Morgan fingerprint density at radius 1 is 0.881 bits per heavy atom. The molecule has 42 heavy (non-hydrogen) atoms. The minimum absolute atomic E-state index is 0.105. The van der Waals surface area contributed by atoms with Crippen LogP contribution in [0.4, 0.5) is 5.69 Å². The van der Waals surface area contributed by atoms with Crippen molar-refractivity contribution in [2.24, 2.45) is 0 Å². The lowest BCUT2D eigenvalue weighted by atomic mass is 9.95. The van der Waals surface area contributed by atoms with Gasteiger partial charge in [-0.15, -0.1) is 0 Å². The van der Waals surface area contributed by atoms with Gasteiger partial charge in [0.15, 0.2) is 0 Å². The van der Waals surface area contributed by atoms with Crippen LogP contribution in [0.15, 0.2) is 77.7 Å². The van der Waals surface area contributed by atoms with Crippen LogP contribution in [0.2, 0.25) is 0 Å². The Morgan fingerprint density at radius 2 is 1.55 bits per heavy atom. The molecule has 0 aromatic heterocycles. The van der Waals surface area contributed by atoms with Crippen molar-refractivity contribution >= 4 is 27.5 Å². The van der Waals surface area contributed by atoms with Gasteiger partial charge in [0.25, 0.3) is 10.0 Å². The average Bonchev–Trinajstić information content (AvgIpc) is 2.98. The van der Waals surface area contributed by atoms with Crippen LogP contribution in [0.5, 0.6) is 0 Å². The quantitative estimate of drug-likeness (QED) is 0.310. The number of sulfonamides is 1.